The molecule has 3 aromatic carbocycles. The molecule has 0 heterocycles. The van der Waals surface area contributed by atoms with E-state index in [9.17, 15) is 24.9 Å². The highest BCUT2D eigenvalue weighted by Crippen LogP contribution is 2.59. The van der Waals surface area contributed by atoms with E-state index in [0.717, 1.165) is 123 Å². The Morgan fingerprint density at radius 2 is 1.79 bits per heavy atom. The van der Waals surface area contributed by atoms with Crippen molar-refractivity contribution in [2.45, 2.75) is 127 Å². The lowest BCUT2D eigenvalue weighted by molar-refractivity contribution is -0.146. The van der Waals surface area contributed by atoms with Gasteiger partial charge in [0.2, 0.25) is 0 Å². The number of rotatable bonds is 16. The van der Waals surface area contributed by atoms with Crippen LogP contribution in [0.2, 0.25) is 0 Å². The summed E-state index contributed by atoms with van der Waals surface area (Å²) in [4.78, 5) is 26.0. The molecule has 0 aliphatic heterocycles. The van der Waals surface area contributed by atoms with Crippen LogP contribution < -0.4 is 16.2 Å². The minimum absolute atomic E-state index is 0.0149. The Morgan fingerprint density at radius 3 is 2.61 bits per heavy atom. The first kappa shape index (κ1) is 43.9. The van der Waals surface area contributed by atoms with E-state index in [1.165, 1.54) is 23.0 Å². The molecule has 0 radical (unpaired) electrons. The first-order valence-corrected chi connectivity index (χ1v) is 24.1. The number of benzene rings is 3. The van der Waals surface area contributed by atoms with Crippen LogP contribution >= 0.6 is 0 Å². The average Bonchev–Trinajstić information content (AvgIpc) is 3.74. The van der Waals surface area contributed by atoms with Crippen LogP contribution in [-0.2, 0) is 27.8 Å². The summed E-state index contributed by atoms with van der Waals surface area (Å²) in [5.41, 5.74) is 12.2. The fourth-order valence-electron chi connectivity index (χ4n) is 12.6. The van der Waals surface area contributed by atoms with Gasteiger partial charge in [-0.3, -0.25) is 4.79 Å². The van der Waals surface area contributed by atoms with Crippen LogP contribution in [0.25, 0.3) is 17.9 Å². The van der Waals surface area contributed by atoms with Crippen LogP contribution in [0, 0.1) is 41.4 Å². The number of phenolic OH excluding ortho intramolecular Hbond substituents is 1. The van der Waals surface area contributed by atoms with E-state index in [1.807, 2.05) is 24.3 Å². The predicted molar refractivity (Wildman–Crippen MR) is 251 cm³/mol. The molecule has 1 fully saturated rings. The maximum atomic E-state index is 13.7. The highest BCUT2D eigenvalue weighted by Gasteiger charge is 2.56. The van der Waals surface area contributed by atoms with E-state index in [4.69, 9.17) is 5.73 Å². The molecule has 3 aromatic rings. The third-order valence-corrected chi connectivity index (χ3v) is 15.9. The number of aldehydes is 1. The molecule has 1 saturated carbocycles. The number of hydrogen-bond acceptors (Lipinski definition) is 5. The highest BCUT2D eigenvalue weighted by molar-refractivity contribution is 5.76. The van der Waals surface area contributed by atoms with Gasteiger partial charge in [-0.25, -0.2) is 0 Å². The van der Waals surface area contributed by atoms with E-state index < -0.39 is 17.3 Å². The lowest BCUT2D eigenvalue weighted by atomic mass is 9.49. The zero-order chi connectivity index (χ0) is 43.2. The minimum atomic E-state index is -0.770. The number of aliphatic hydroxyl groups excluding tert-OH is 1. The molecule has 6 heteroatoms. The maximum absolute atomic E-state index is 13.7. The molecule has 6 nitrogen and oxygen atoms in total. The van der Waals surface area contributed by atoms with Crippen LogP contribution in [0.15, 0.2) is 90.5 Å². The summed E-state index contributed by atoms with van der Waals surface area (Å²) in [5, 5.41) is 36.2. The number of allylic oxidation sites excluding steroid dienone is 4. The molecule has 5 aliphatic carbocycles. The van der Waals surface area contributed by atoms with Gasteiger partial charge in [0, 0.05) is 22.5 Å². The van der Waals surface area contributed by atoms with Gasteiger partial charge >= 0.3 is 5.97 Å². The second kappa shape index (κ2) is 19.8. The second-order valence-corrected chi connectivity index (χ2v) is 19.5. The van der Waals surface area contributed by atoms with Gasteiger partial charge in [-0.05, 0) is 152 Å². The van der Waals surface area contributed by atoms with Crippen molar-refractivity contribution in [2.24, 2.45) is 47.2 Å². The Kier molecular flexibility index (Phi) is 14.0. The summed E-state index contributed by atoms with van der Waals surface area (Å²) in [6.07, 6.45) is 30.5. The van der Waals surface area contributed by atoms with Crippen LogP contribution in [0.5, 0.6) is 5.75 Å². The topological polar surface area (TPSA) is 121 Å². The number of aromatic hydroxyl groups is 1. The third kappa shape index (κ3) is 9.05. The minimum Gasteiger partial charge on any atom is -0.511 e. The summed E-state index contributed by atoms with van der Waals surface area (Å²) >= 11 is 0. The molecule has 0 aromatic heterocycles. The number of fused-ring (bicyclic) bond motifs is 3. The van der Waals surface area contributed by atoms with Gasteiger partial charge in [0.05, 0.1) is 5.92 Å². The highest BCUT2D eigenvalue weighted by atomic mass is 16.4. The molecule has 9 atom stereocenters. The van der Waals surface area contributed by atoms with Gasteiger partial charge in [-0.15, -0.1) is 0 Å². The number of phenols is 1. The number of unbranched alkanes of at least 4 members (excludes halogenated alkanes) is 4. The molecule has 0 unspecified atom stereocenters. The fraction of sp³-hybridized carbons (Fsp3) is 0.500. The molecule has 328 valence electrons. The van der Waals surface area contributed by atoms with Gasteiger partial charge in [0.15, 0.2) is 0 Å². The largest absolute Gasteiger partial charge is 0.511 e. The maximum Gasteiger partial charge on any atom is 0.307 e. The van der Waals surface area contributed by atoms with Gasteiger partial charge in [0.25, 0.3) is 0 Å². The van der Waals surface area contributed by atoms with Crippen LogP contribution in [0.4, 0.5) is 0 Å². The number of hydrogen-bond donors (Lipinski definition) is 4. The normalized spacial score (nSPS) is 28.5. The lowest BCUT2D eigenvalue weighted by Crippen LogP contribution is -2.54. The molecule has 0 saturated heterocycles. The standard InChI is InChI=1S/C56H69NO5/c1-2-3-5-15-44-32-43(24-26-53(44)59)49-30-38-20-21-40-23-25-47-34-46-33-42-14-8-10-17-48(42)54(60)50(46)35-56(47,52(40)31-38)51(55(61)62)18-11-9-13-39(49)12-6-4-7-16-45(36-58)41-22-19-37(29-41)27-28-57/h8-11,14,17,20-21,23-26,29,31-33,36,39,41,45-47,49-51,59-60H,2-7,12-13,15-16,18-19,22,27-28,30,34-35,57H2,1H3,(H,61,62)/b11-9+/t39-,41+,45-,46-,47+,49-,50+,51+,56+/m1/s1. The summed E-state index contributed by atoms with van der Waals surface area (Å²) < 4.78 is 0. The average molecular weight is 836 g/mol. The zero-order valence-electron chi connectivity index (χ0n) is 36.9. The van der Waals surface area contributed by atoms with Gasteiger partial charge < -0.3 is 25.8 Å². The Balaban J connectivity index is 1.12. The number of carbonyl (C=O) groups excluding carboxylic acids is 1. The van der Waals surface area contributed by atoms with Crippen molar-refractivity contribution in [2.75, 3.05) is 6.54 Å². The Hall–Kier alpha value is -4.68. The molecule has 0 amide bonds. The van der Waals surface area contributed by atoms with E-state index in [1.54, 1.807) is 0 Å². The Morgan fingerprint density at radius 1 is 0.935 bits per heavy atom. The van der Waals surface area contributed by atoms with Crippen molar-refractivity contribution in [1.29, 1.82) is 0 Å². The van der Waals surface area contributed by atoms with Gasteiger partial charge in [-0.1, -0.05) is 136 Å². The monoisotopic (exact) mass is 836 g/mol. The number of carboxylic acid groups (broad SMARTS) is 1. The molecule has 2 bridgehead atoms. The van der Waals surface area contributed by atoms with E-state index in [2.05, 4.69) is 79.8 Å². The molecular formula is C56H69NO5. The van der Waals surface area contributed by atoms with Crippen molar-refractivity contribution in [1.82, 2.24) is 0 Å². The second-order valence-electron chi connectivity index (χ2n) is 19.5. The predicted octanol–water partition coefficient (Wildman–Crippen LogP) is 10.6. The third-order valence-electron chi connectivity index (χ3n) is 15.9. The van der Waals surface area contributed by atoms with Crippen LogP contribution in [0.3, 0.4) is 0 Å². The smallest absolute Gasteiger partial charge is 0.307 e. The number of carbonyl (C=O) groups is 2. The van der Waals surface area contributed by atoms with Crippen molar-refractivity contribution >= 4 is 30.2 Å². The molecule has 5 aliphatic rings. The van der Waals surface area contributed by atoms with Crippen molar-refractivity contribution in [3.05, 3.63) is 129 Å². The number of aliphatic hydroxyl groups is 1. The first-order valence-electron chi connectivity index (χ1n) is 24.1. The lowest BCUT2D eigenvalue weighted by Gasteiger charge is -2.54. The first-order chi connectivity index (χ1) is 30.2. The fourth-order valence-corrected chi connectivity index (χ4v) is 12.6. The number of aryl methyl sites for hydroxylation is 1. The van der Waals surface area contributed by atoms with Crippen molar-refractivity contribution in [3.8, 4) is 5.75 Å². The summed E-state index contributed by atoms with van der Waals surface area (Å²) in [7, 11) is 0. The summed E-state index contributed by atoms with van der Waals surface area (Å²) in [5.74, 6) is 0.230. The van der Waals surface area contributed by atoms with E-state index in [-0.39, 0.29) is 29.6 Å². The zero-order valence-corrected chi connectivity index (χ0v) is 36.9. The van der Waals surface area contributed by atoms with Gasteiger partial charge in [-0.2, -0.15) is 0 Å². The number of carboxylic acids is 1. The molecule has 1 spiro atoms. The SMILES string of the molecule is CCCCCc1cc([C@@H]2Cc3ccc4c(c3)[C@]3(C[C@@H]5C(O)=c6ccccc6=C[C@@H]5C[C@@H]3C=C4)[C@H](C(=O)O)C/C=C/C[C@H]2CCCCC[C@H](C=O)[C@@H]2C=C(CCN)CC2)ccc1O. The molecule has 8 rings (SSSR count). The molecule has 5 N–H and O–H groups in total. The van der Waals surface area contributed by atoms with Gasteiger partial charge in [0.1, 0.15) is 17.8 Å². The van der Waals surface area contributed by atoms with Crippen LogP contribution in [-0.4, -0.2) is 34.1 Å². The molecular weight excluding hydrogens is 767 g/mol. The van der Waals surface area contributed by atoms with Crippen molar-refractivity contribution < 1.29 is 24.9 Å². The quantitative estimate of drug-likeness (QED) is 0.0648. The Bertz CT molecular complexity index is 2300. The molecule has 62 heavy (non-hydrogen) atoms. The van der Waals surface area contributed by atoms with E-state index in [0.29, 0.717) is 42.7 Å². The van der Waals surface area contributed by atoms with E-state index >= 15 is 0 Å². The summed E-state index contributed by atoms with van der Waals surface area (Å²) in [6.45, 7) is 2.87. The van der Waals surface area contributed by atoms with Crippen LogP contribution in [0.1, 0.15) is 137 Å². The van der Waals surface area contributed by atoms with Crippen molar-refractivity contribution in [3.63, 3.8) is 0 Å². The summed E-state index contributed by atoms with van der Waals surface area (Å²) in [6, 6.07) is 21.2. The number of nitrogens with two attached hydrogens (primary N) is 1. The number of aliphatic carboxylic acids is 1. The Labute approximate surface area is 369 Å².